The number of ether oxygens (including phenoxy) is 2. The topological polar surface area (TPSA) is 122 Å². The van der Waals surface area contributed by atoms with Crippen LogP contribution in [0.15, 0.2) is 53.4 Å². The van der Waals surface area contributed by atoms with Crippen molar-refractivity contribution in [1.82, 2.24) is 4.31 Å². The molecule has 0 spiro atoms. The summed E-state index contributed by atoms with van der Waals surface area (Å²) in [5.41, 5.74) is 0.904. The zero-order valence-electron chi connectivity index (χ0n) is 17.7. The highest BCUT2D eigenvalue weighted by Crippen LogP contribution is 2.21. The molecule has 0 bridgehead atoms. The second-order valence-electron chi connectivity index (χ2n) is 7.10. The minimum absolute atomic E-state index is 0.146. The number of carbonyl (C=O) groups excluding carboxylic acids is 1. The smallest absolute Gasteiger partial charge is 0.262 e. The lowest BCUT2D eigenvalue weighted by Crippen LogP contribution is -2.40. The second-order valence-corrected chi connectivity index (χ2v) is 11.1. The van der Waals surface area contributed by atoms with Crippen molar-refractivity contribution < 1.29 is 31.1 Å². The first kappa shape index (κ1) is 24.0. The average molecular weight is 484 g/mol. The normalized spacial score (nSPS) is 15.2. The molecule has 0 aromatic heterocycles. The summed E-state index contributed by atoms with van der Waals surface area (Å²) in [5, 5.41) is 2.64. The van der Waals surface area contributed by atoms with E-state index in [1.165, 1.54) is 35.6 Å². The molecule has 0 radical (unpaired) electrons. The van der Waals surface area contributed by atoms with Gasteiger partial charge in [-0.1, -0.05) is 0 Å². The molecule has 1 saturated heterocycles. The first-order valence-corrected chi connectivity index (χ1v) is 13.0. The van der Waals surface area contributed by atoms with E-state index in [1.807, 2.05) is 0 Å². The zero-order chi connectivity index (χ0) is 23.4. The van der Waals surface area contributed by atoms with E-state index < -0.39 is 26.0 Å². The second kappa shape index (κ2) is 9.86. The number of nitrogens with zero attached hydrogens (tertiary/aromatic N) is 2. The maximum Gasteiger partial charge on any atom is 0.262 e. The maximum absolute atomic E-state index is 12.6. The molecule has 0 saturated carbocycles. The number of benzene rings is 2. The molecule has 1 aliphatic heterocycles. The molecule has 10 nitrogen and oxygen atoms in total. The van der Waals surface area contributed by atoms with Crippen molar-refractivity contribution in [2.75, 3.05) is 55.8 Å². The molecular weight excluding hydrogens is 458 g/mol. The largest absolute Gasteiger partial charge is 0.484 e. The van der Waals surface area contributed by atoms with Gasteiger partial charge in [0.2, 0.25) is 20.0 Å². The van der Waals surface area contributed by atoms with Gasteiger partial charge in [-0.15, -0.1) is 0 Å². The summed E-state index contributed by atoms with van der Waals surface area (Å²) in [6.07, 6.45) is 1.10. The quantitative estimate of drug-likeness (QED) is 0.597. The van der Waals surface area contributed by atoms with Gasteiger partial charge in [0.1, 0.15) is 5.75 Å². The molecular formula is C20H25N3O7S2. The Hall–Kier alpha value is -2.67. The van der Waals surface area contributed by atoms with Gasteiger partial charge in [-0.25, -0.2) is 16.8 Å². The van der Waals surface area contributed by atoms with E-state index in [9.17, 15) is 21.6 Å². The summed E-state index contributed by atoms with van der Waals surface area (Å²) in [5.74, 6) is -0.0242. The fraction of sp³-hybridized carbons (Fsp3) is 0.350. The van der Waals surface area contributed by atoms with Crippen LogP contribution in [0.4, 0.5) is 11.4 Å². The van der Waals surface area contributed by atoms with E-state index in [0.717, 1.165) is 10.6 Å². The number of rotatable bonds is 8. The van der Waals surface area contributed by atoms with Crippen LogP contribution < -0.4 is 14.4 Å². The van der Waals surface area contributed by atoms with Gasteiger partial charge in [-0.3, -0.25) is 9.10 Å². The standard InChI is InChI=1S/C20H25N3O7S2/c1-22(31(2,25)26)17-5-7-18(8-6-17)30-15-20(24)21-16-3-9-19(10-4-16)32(27,28)23-11-13-29-14-12-23/h3-10H,11-15H2,1-2H3,(H,21,24). The first-order valence-electron chi connectivity index (χ1n) is 9.72. The van der Waals surface area contributed by atoms with Crippen LogP contribution in [0.2, 0.25) is 0 Å². The van der Waals surface area contributed by atoms with Crippen molar-refractivity contribution in [1.29, 1.82) is 0 Å². The lowest BCUT2D eigenvalue weighted by molar-refractivity contribution is -0.118. The summed E-state index contributed by atoms with van der Waals surface area (Å²) < 4.78 is 61.5. The van der Waals surface area contributed by atoms with Crippen molar-refractivity contribution in [2.45, 2.75) is 4.90 Å². The molecule has 0 aliphatic carbocycles. The predicted molar refractivity (Wildman–Crippen MR) is 120 cm³/mol. The summed E-state index contributed by atoms with van der Waals surface area (Å²) in [4.78, 5) is 12.3. The SMILES string of the molecule is CN(c1ccc(OCC(=O)Nc2ccc(S(=O)(=O)N3CCOCC3)cc2)cc1)S(C)(=O)=O. The van der Waals surface area contributed by atoms with E-state index in [4.69, 9.17) is 9.47 Å². The molecule has 32 heavy (non-hydrogen) atoms. The highest BCUT2D eigenvalue weighted by Gasteiger charge is 2.26. The number of amides is 1. The summed E-state index contributed by atoms with van der Waals surface area (Å²) in [6.45, 7) is 1.08. The minimum atomic E-state index is -3.60. The molecule has 2 aromatic rings. The number of carbonyl (C=O) groups is 1. The van der Waals surface area contributed by atoms with Gasteiger partial charge in [0.15, 0.2) is 6.61 Å². The number of hydrogen-bond acceptors (Lipinski definition) is 7. The molecule has 1 heterocycles. The van der Waals surface area contributed by atoms with Crippen LogP contribution >= 0.6 is 0 Å². The van der Waals surface area contributed by atoms with Crippen molar-refractivity contribution in [3.05, 3.63) is 48.5 Å². The van der Waals surface area contributed by atoms with Gasteiger partial charge in [0, 0.05) is 25.8 Å². The van der Waals surface area contributed by atoms with Crippen molar-refractivity contribution in [2.24, 2.45) is 0 Å². The van der Waals surface area contributed by atoms with E-state index >= 15 is 0 Å². The maximum atomic E-state index is 12.6. The van der Waals surface area contributed by atoms with Crippen molar-refractivity contribution in [3.8, 4) is 5.75 Å². The number of hydrogen-bond donors (Lipinski definition) is 1. The Bertz CT molecular complexity index is 1140. The molecule has 1 aliphatic rings. The highest BCUT2D eigenvalue weighted by atomic mass is 32.2. The molecule has 1 fully saturated rings. The predicted octanol–water partition coefficient (Wildman–Crippen LogP) is 1.12. The summed E-state index contributed by atoms with van der Waals surface area (Å²) in [6, 6.07) is 12.2. The van der Waals surface area contributed by atoms with E-state index in [-0.39, 0.29) is 11.5 Å². The Balaban J connectivity index is 1.54. The van der Waals surface area contributed by atoms with Crippen LogP contribution in [-0.4, -0.2) is 73.3 Å². The number of anilines is 2. The van der Waals surface area contributed by atoms with E-state index in [0.29, 0.717) is 43.4 Å². The van der Waals surface area contributed by atoms with E-state index in [1.54, 1.807) is 24.3 Å². The Morgan fingerprint density at radius 3 is 2.19 bits per heavy atom. The van der Waals surface area contributed by atoms with Gasteiger partial charge in [0.05, 0.1) is 30.1 Å². The monoisotopic (exact) mass is 483 g/mol. The number of nitrogens with one attached hydrogen (secondary N) is 1. The molecule has 2 aromatic carbocycles. The molecule has 0 unspecified atom stereocenters. The number of sulfonamides is 2. The Morgan fingerprint density at radius 2 is 1.62 bits per heavy atom. The first-order chi connectivity index (χ1) is 15.1. The van der Waals surface area contributed by atoms with Crippen LogP contribution in [0, 0.1) is 0 Å². The van der Waals surface area contributed by atoms with E-state index in [2.05, 4.69) is 5.32 Å². The van der Waals surface area contributed by atoms with Gasteiger partial charge < -0.3 is 14.8 Å². The van der Waals surface area contributed by atoms with Crippen molar-refractivity contribution in [3.63, 3.8) is 0 Å². The summed E-state index contributed by atoms with van der Waals surface area (Å²) in [7, 11) is -5.52. The highest BCUT2D eigenvalue weighted by molar-refractivity contribution is 7.92. The van der Waals surface area contributed by atoms with Gasteiger partial charge >= 0.3 is 0 Å². The third kappa shape index (κ3) is 5.97. The molecule has 1 N–H and O–H groups in total. The third-order valence-corrected chi connectivity index (χ3v) is 7.93. The van der Waals surface area contributed by atoms with Gasteiger partial charge in [-0.2, -0.15) is 4.31 Å². The Labute approximate surface area is 187 Å². The molecule has 1 amide bonds. The van der Waals surface area contributed by atoms with Crippen LogP contribution in [-0.2, 0) is 29.6 Å². The van der Waals surface area contributed by atoms with Crippen LogP contribution in [0.25, 0.3) is 0 Å². The van der Waals surface area contributed by atoms with Gasteiger partial charge in [0.25, 0.3) is 5.91 Å². The zero-order valence-corrected chi connectivity index (χ0v) is 19.4. The van der Waals surface area contributed by atoms with Crippen molar-refractivity contribution >= 4 is 37.3 Å². The van der Waals surface area contributed by atoms with Crippen LogP contribution in [0.1, 0.15) is 0 Å². The lowest BCUT2D eigenvalue weighted by Gasteiger charge is -2.26. The fourth-order valence-electron chi connectivity index (χ4n) is 2.94. The number of morpholine rings is 1. The average Bonchev–Trinajstić information content (AvgIpc) is 2.78. The minimum Gasteiger partial charge on any atom is -0.484 e. The van der Waals surface area contributed by atoms with Crippen LogP contribution in [0.5, 0.6) is 5.75 Å². The fourth-order valence-corrected chi connectivity index (χ4v) is 4.85. The third-order valence-electron chi connectivity index (χ3n) is 4.81. The molecule has 3 rings (SSSR count). The van der Waals surface area contributed by atoms with Gasteiger partial charge in [-0.05, 0) is 48.5 Å². The summed E-state index contributed by atoms with van der Waals surface area (Å²) >= 11 is 0. The van der Waals surface area contributed by atoms with Crippen LogP contribution in [0.3, 0.4) is 0 Å². The molecule has 0 atom stereocenters. The Morgan fingerprint density at radius 1 is 1.03 bits per heavy atom. The molecule has 12 heteroatoms. The molecule has 174 valence electrons. The lowest BCUT2D eigenvalue weighted by atomic mass is 10.3. The Kier molecular flexibility index (Phi) is 7.39.